The summed E-state index contributed by atoms with van der Waals surface area (Å²) in [5, 5.41) is 6.89. The van der Waals surface area contributed by atoms with Crippen molar-refractivity contribution in [2.24, 2.45) is 5.92 Å². The summed E-state index contributed by atoms with van der Waals surface area (Å²) in [6, 6.07) is 0.737. The van der Waals surface area contributed by atoms with Crippen molar-refractivity contribution >= 4 is 24.8 Å². The highest BCUT2D eigenvalue weighted by Crippen LogP contribution is 2.17. The first-order chi connectivity index (χ1) is 7.36. The Kier molecular flexibility index (Phi) is 9.65. The van der Waals surface area contributed by atoms with Crippen molar-refractivity contribution in [1.29, 1.82) is 0 Å². The van der Waals surface area contributed by atoms with Gasteiger partial charge in [0.25, 0.3) is 0 Å². The predicted molar refractivity (Wildman–Crippen MR) is 78.6 cm³/mol. The Morgan fingerprint density at radius 2 is 1.76 bits per heavy atom. The van der Waals surface area contributed by atoms with Gasteiger partial charge >= 0.3 is 0 Å². The highest BCUT2D eigenvalue weighted by molar-refractivity contribution is 5.85. The van der Waals surface area contributed by atoms with Crippen molar-refractivity contribution in [3.63, 3.8) is 0 Å². The number of nitrogens with one attached hydrogen (secondary N) is 2. The molecule has 0 bridgehead atoms. The van der Waals surface area contributed by atoms with Crippen LogP contribution in [0, 0.1) is 5.92 Å². The third-order valence-electron chi connectivity index (χ3n) is 3.92. The summed E-state index contributed by atoms with van der Waals surface area (Å²) in [5.74, 6) is 0.980. The maximum absolute atomic E-state index is 3.45. The van der Waals surface area contributed by atoms with E-state index in [1.54, 1.807) is 0 Å². The van der Waals surface area contributed by atoms with Gasteiger partial charge in [0.05, 0.1) is 0 Å². The van der Waals surface area contributed by atoms with E-state index in [1.807, 2.05) is 0 Å². The third-order valence-corrected chi connectivity index (χ3v) is 3.92. The van der Waals surface area contributed by atoms with Crippen LogP contribution in [0.2, 0.25) is 0 Å². The van der Waals surface area contributed by atoms with E-state index in [0.29, 0.717) is 0 Å². The van der Waals surface area contributed by atoms with Crippen molar-refractivity contribution in [2.45, 2.75) is 32.2 Å². The van der Waals surface area contributed by atoms with Gasteiger partial charge in [0.15, 0.2) is 0 Å². The molecule has 2 aliphatic rings. The molecule has 1 unspecified atom stereocenters. The van der Waals surface area contributed by atoms with Gasteiger partial charge in [-0.15, -0.1) is 24.8 Å². The Morgan fingerprint density at radius 1 is 1.06 bits per heavy atom. The summed E-state index contributed by atoms with van der Waals surface area (Å²) < 4.78 is 0. The zero-order valence-corrected chi connectivity index (χ0v) is 12.4. The fraction of sp³-hybridized carbons (Fsp3) is 1.00. The van der Waals surface area contributed by atoms with Gasteiger partial charge in [0, 0.05) is 25.7 Å². The summed E-state index contributed by atoms with van der Waals surface area (Å²) in [5.41, 5.74) is 0. The Hall–Kier alpha value is 0.460. The number of piperidine rings is 1. The Balaban J connectivity index is 0.00000128. The Morgan fingerprint density at radius 3 is 2.41 bits per heavy atom. The molecule has 3 nitrogen and oxygen atoms in total. The molecule has 0 radical (unpaired) electrons. The van der Waals surface area contributed by atoms with Crippen LogP contribution in [0.4, 0.5) is 0 Å². The highest BCUT2D eigenvalue weighted by Gasteiger charge is 2.19. The monoisotopic (exact) mass is 283 g/mol. The number of nitrogens with zero attached hydrogens (tertiary/aromatic N) is 1. The SMILES string of the molecule is CC1CNCCN1CCC1CCNCC1.Cl.Cl. The lowest BCUT2D eigenvalue weighted by Gasteiger charge is -2.35. The molecule has 0 amide bonds. The van der Waals surface area contributed by atoms with Crippen molar-refractivity contribution in [2.75, 3.05) is 39.3 Å². The summed E-state index contributed by atoms with van der Waals surface area (Å²) >= 11 is 0. The van der Waals surface area contributed by atoms with Gasteiger partial charge in [-0.1, -0.05) is 0 Å². The largest absolute Gasteiger partial charge is 0.317 e. The molecule has 0 aliphatic carbocycles. The highest BCUT2D eigenvalue weighted by atomic mass is 35.5. The maximum Gasteiger partial charge on any atom is 0.0192 e. The van der Waals surface area contributed by atoms with E-state index in [1.165, 1.54) is 58.5 Å². The van der Waals surface area contributed by atoms with Gasteiger partial charge in [0.1, 0.15) is 0 Å². The summed E-state index contributed by atoms with van der Waals surface area (Å²) in [4.78, 5) is 2.65. The summed E-state index contributed by atoms with van der Waals surface area (Å²) in [7, 11) is 0. The van der Waals surface area contributed by atoms with Crippen LogP contribution in [0.15, 0.2) is 0 Å². The topological polar surface area (TPSA) is 27.3 Å². The molecule has 5 heteroatoms. The first-order valence-corrected chi connectivity index (χ1v) is 6.52. The molecule has 0 aromatic rings. The number of piperazine rings is 1. The van der Waals surface area contributed by atoms with Crippen molar-refractivity contribution in [1.82, 2.24) is 15.5 Å². The molecule has 104 valence electrons. The van der Waals surface area contributed by atoms with Crippen molar-refractivity contribution < 1.29 is 0 Å². The van der Waals surface area contributed by atoms with E-state index in [2.05, 4.69) is 22.5 Å². The summed E-state index contributed by atoms with van der Waals surface area (Å²) in [6.07, 6.45) is 4.19. The molecule has 2 fully saturated rings. The number of hydrogen-bond donors (Lipinski definition) is 2. The minimum atomic E-state index is 0. The minimum absolute atomic E-state index is 0. The van der Waals surface area contributed by atoms with Crippen LogP contribution in [-0.4, -0.2) is 50.2 Å². The van der Waals surface area contributed by atoms with Crippen molar-refractivity contribution in [3.8, 4) is 0 Å². The second-order valence-corrected chi connectivity index (χ2v) is 5.07. The van der Waals surface area contributed by atoms with Crippen LogP contribution in [0.25, 0.3) is 0 Å². The maximum atomic E-state index is 3.45. The quantitative estimate of drug-likeness (QED) is 0.823. The molecule has 0 spiro atoms. The van der Waals surface area contributed by atoms with Crippen LogP contribution < -0.4 is 10.6 Å². The molecular weight excluding hydrogens is 257 g/mol. The molecule has 1 atom stereocenters. The first kappa shape index (κ1) is 17.5. The van der Waals surface area contributed by atoms with E-state index in [4.69, 9.17) is 0 Å². The van der Waals surface area contributed by atoms with Crippen LogP contribution in [-0.2, 0) is 0 Å². The fourth-order valence-corrected chi connectivity index (χ4v) is 2.73. The average molecular weight is 284 g/mol. The lowest BCUT2D eigenvalue weighted by atomic mass is 9.94. The standard InChI is InChI=1S/C12H25N3.2ClH/c1-11-10-14-7-9-15(11)8-4-12-2-5-13-6-3-12;;/h11-14H,2-10H2,1H3;2*1H. The number of rotatable bonds is 3. The van der Waals surface area contributed by atoms with Gasteiger partial charge in [-0.25, -0.2) is 0 Å². The van der Waals surface area contributed by atoms with Gasteiger partial charge in [-0.3, -0.25) is 4.90 Å². The van der Waals surface area contributed by atoms with Crippen LogP contribution in [0.1, 0.15) is 26.2 Å². The van der Waals surface area contributed by atoms with Crippen LogP contribution in [0.3, 0.4) is 0 Å². The van der Waals surface area contributed by atoms with E-state index < -0.39 is 0 Å². The van der Waals surface area contributed by atoms with E-state index in [9.17, 15) is 0 Å². The molecule has 0 aromatic carbocycles. The van der Waals surface area contributed by atoms with Gasteiger partial charge in [0.2, 0.25) is 0 Å². The van der Waals surface area contributed by atoms with Gasteiger partial charge < -0.3 is 10.6 Å². The second kappa shape index (κ2) is 9.40. The van der Waals surface area contributed by atoms with E-state index in [-0.39, 0.29) is 24.8 Å². The van der Waals surface area contributed by atoms with E-state index in [0.717, 1.165) is 12.0 Å². The molecular formula is C12H27Cl2N3. The number of hydrogen-bond acceptors (Lipinski definition) is 3. The van der Waals surface area contributed by atoms with Gasteiger partial charge in [-0.05, 0) is 51.7 Å². The fourth-order valence-electron chi connectivity index (χ4n) is 2.73. The number of halogens is 2. The third kappa shape index (κ3) is 5.75. The molecule has 2 saturated heterocycles. The minimum Gasteiger partial charge on any atom is -0.317 e. The smallest absolute Gasteiger partial charge is 0.0192 e. The normalized spacial score (nSPS) is 27.0. The van der Waals surface area contributed by atoms with E-state index >= 15 is 0 Å². The molecule has 2 rings (SSSR count). The average Bonchev–Trinajstić information content (AvgIpc) is 2.29. The predicted octanol–water partition coefficient (Wildman–Crippen LogP) is 1.51. The molecule has 0 aromatic heterocycles. The molecule has 2 heterocycles. The van der Waals surface area contributed by atoms with Crippen molar-refractivity contribution in [3.05, 3.63) is 0 Å². The first-order valence-electron chi connectivity index (χ1n) is 6.52. The lowest BCUT2D eigenvalue weighted by molar-refractivity contribution is 0.157. The van der Waals surface area contributed by atoms with Crippen LogP contribution in [0.5, 0.6) is 0 Å². The summed E-state index contributed by atoms with van der Waals surface area (Å²) in [6.45, 7) is 9.72. The zero-order chi connectivity index (χ0) is 10.5. The zero-order valence-electron chi connectivity index (χ0n) is 10.8. The molecule has 2 aliphatic heterocycles. The molecule has 0 saturated carbocycles. The molecule has 2 N–H and O–H groups in total. The molecule has 17 heavy (non-hydrogen) atoms. The Bertz CT molecular complexity index is 187. The Labute approximate surface area is 118 Å². The van der Waals surface area contributed by atoms with Crippen LogP contribution >= 0.6 is 24.8 Å². The van der Waals surface area contributed by atoms with Gasteiger partial charge in [-0.2, -0.15) is 0 Å². The lowest BCUT2D eigenvalue weighted by Crippen LogP contribution is -2.50. The second-order valence-electron chi connectivity index (χ2n) is 5.07.